The molecule has 2 unspecified atom stereocenters. The number of nitrogens with one attached hydrogen (secondary N) is 2. The van der Waals surface area contributed by atoms with E-state index in [1.807, 2.05) is 26.0 Å². The van der Waals surface area contributed by atoms with Crippen molar-refractivity contribution in [3.63, 3.8) is 0 Å². The van der Waals surface area contributed by atoms with Gasteiger partial charge >= 0.3 is 0 Å². The van der Waals surface area contributed by atoms with Crippen LogP contribution >= 0.6 is 24.0 Å². The van der Waals surface area contributed by atoms with Crippen LogP contribution in [0.5, 0.6) is 0 Å². The highest BCUT2D eigenvalue weighted by Crippen LogP contribution is 2.41. The van der Waals surface area contributed by atoms with Crippen molar-refractivity contribution in [2.45, 2.75) is 57.5 Å². The summed E-state index contributed by atoms with van der Waals surface area (Å²) in [6, 6.07) is 7.30. The quantitative estimate of drug-likeness (QED) is 0.318. The normalized spacial score (nSPS) is 23.3. The summed E-state index contributed by atoms with van der Waals surface area (Å²) in [5, 5.41) is 6.86. The first kappa shape index (κ1) is 24.3. The summed E-state index contributed by atoms with van der Waals surface area (Å²) in [7, 11) is -3.12. The molecule has 1 saturated heterocycles. The summed E-state index contributed by atoms with van der Waals surface area (Å²) < 4.78 is 40.0. The van der Waals surface area contributed by atoms with E-state index >= 15 is 0 Å². The first-order chi connectivity index (χ1) is 13.4. The van der Waals surface area contributed by atoms with Gasteiger partial charge in [0.05, 0.1) is 5.75 Å². The van der Waals surface area contributed by atoms with Crippen LogP contribution in [0.2, 0.25) is 0 Å². The van der Waals surface area contributed by atoms with E-state index < -0.39 is 10.0 Å². The number of aliphatic imine (C=N–C) groups is 1. The summed E-state index contributed by atoms with van der Waals surface area (Å²) in [6.07, 6.45) is 3.05. The molecule has 1 aliphatic carbocycles. The predicted molar refractivity (Wildman–Crippen MR) is 126 cm³/mol. The SMILES string of the molecule is CCCS(=O)(=O)N1CCC(NC(=NCC)NC2CC2c2ccccc2F)CC1.I. The minimum absolute atomic E-state index is 0. The van der Waals surface area contributed by atoms with Gasteiger partial charge in [-0.3, -0.25) is 4.99 Å². The van der Waals surface area contributed by atoms with Crippen LogP contribution in [-0.4, -0.2) is 56.2 Å². The van der Waals surface area contributed by atoms with Crippen LogP contribution in [0.15, 0.2) is 29.3 Å². The molecule has 2 fully saturated rings. The van der Waals surface area contributed by atoms with E-state index in [2.05, 4.69) is 15.6 Å². The standard InChI is InChI=1S/C20H31FN4O2S.HI/c1-3-13-28(26,27)25-11-9-15(10-12-25)23-20(22-4-2)24-19-14-17(19)16-7-5-6-8-18(16)21;/h5-8,15,17,19H,3-4,9-14H2,1-2H3,(H2,22,23,24);1H. The molecule has 2 atom stereocenters. The number of halogens is 2. The molecule has 3 rings (SSSR count). The van der Waals surface area contributed by atoms with Crippen LogP contribution in [-0.2, 0) is 10.0 Å². The summed E-state index contributed by atoms with van der Waals surface area (Å²) in [6.45, 7) is 5.60. The largest absolute Gasteiger partial charge is 0.354 e. The number of sulfonamides is 1. The molecule has 9 heteroatoms. The average molecular weight is 538 g/mol. The minimum atomic E-state index is -3.12. The van der Waals surface area contributed by atoms with Crippen molar-refractivity contribution in [2.75, 3.05) is 25.4 Å². The van der Waals surface area contributed by atoms with Crippen LogP contribution in [0.25, 0.3) is 0 Å². The minimum Gasteiger partial charge on any atom is -0.354 e. The highest BCUT2D eigenvalue weighted by Gasteiger charge is 2.40. The second-order valence-corrected chi connectivity index (χ2v) is 9.66. The number of benzene rings is 1. The number of hydrogen-bond donors (Lipinski definition) is 2. The van der Waals surface area contributed by atoms with Gasteiger partial charge in [0.15, 0.2) is 5.96 Å². The molecule has 0 spiro atoms. The molecule has 1 saturated carbocycles. The fourth-order valence-corrected chi connectivity index (χ4v) is 5.34. The molecular formula is C20H32FIN4O2S. The number of piperidine rings is 1. The van der Waals surface area contributed by atoms with Crippen molar-refractivity contribution in [3.8, 4) is 0 Å². The van der Waals surface area contributed by atoms with Gasteiger partial charge in [-0.25, -0.2) is 17.1 Å². The lowest BCUT2D eigenvalue weighted by molar-refractivity contribution is 0.306. The molecule has 29 heavy (non-hydrogen) atoms. The van der Waals surface area contributed by atoms with E-state index in [4.69, 9.17) is 0 Å². The Morgan fingerprint density at radius 2 is 1.90 bits per heavy atom. The van der Waals surface area contributed by atoms with E-state index in [1.54, 1.807) is 10.4 Å². The van der Waals surface area contributed by atoms with Crippen molar-refractivity contribution in [3.05, 3.63) is 35.6 Å². The van der Waals surface area contributed by atoms with Crippen LogP contribution < -0.4 is 10.6 Å². The summed E-state index contributed by atoms with van der Waals surface area (Å²) in [5.74, 6) is 0.973. The summed E-state index contributed by atoms with van der Waals surface area (Å²) >= 11 is 0. The molecule has 164 valence electrons. The Balaban J connectivity index is 0.00000300. The summed E-state index contributed by atoms with van der Waals surface area (Å²) in [4.78, 5) is 4.51. The second kappa shape index (κ2) is 10.9. The molecule has 6 nitrogen and oxygen atoms in total. The molecule has 0 radical (unpaired) electrons. The van der Waals surface area contributed by atoms with Gasteiger partial charge < -0.3 is 10.6 Å². The maximum absolute atomic E-state index is 14.0. The molecule has 2 aliphatic rings. The maximum Gasteiger partial charge on any atom is 0.214 e. The van der Waals surface area contributed by atoms with Crippen molar-refractivity contribution in [1.29, 1.82) is 0 Å². The molecule has 2 N–H and O–H groups in total. The first-order valence-electron chi connectivity index (χ1n) is 10.2. The van der Waals surface area contributed by atoms with Crippen LogP contribution in [0.3, 0.4) is 0 Å². The van der Waals surface area contributed by atoms with Crippen LogP contribution in [0, 0.1) is 5.82 Å². The van der Waals surface area contributed by atoms with E-state index in [-0.39, 0.29) is 53.5 Å². The second-order valence-electron chi connectivity index (χ2n) is 7.57. The highest BCUT2D eigenvalue weighted by molar-refractivity contribution is 14.0. The van der Waals surface area contributed by atoms with Gasteiger partial charge in [0, 0.05) is 37.6 Å². The number of hydrogen-bond acceptors (Lipinski definition) is 3. The van der Waals surface area contributed by atoms with E-state index in [0.29, 0.717) is 26.1 Å². The number of nitrogens with zero attached hydrogens (tertiary/aromatic N) is 2. The fourth-order valence-electron chi connectivity index (χ4n) is 3.80. The highest BCUT2D eigenvalue weighted by atomic mass is 127. The van der Waals surface area contributed by atoms with Gasteiger partial charge in [-0.1, -0.05) is 25.1 Å². The third-order valence-corrected chi connectivity index (χ3v) is 7.46. The van der Waals surface area contributed by atoms with Gasteiger partial charge in [0.2, 0.25) is 10.0 Å². The predicted octanol–water partition coefficient (Wildman–Crippen LogP) is 3.06. The molecular weight excluding hydrogens is 506 g/mol. The summed E-state index contributed by atoms with van der Waals surface area (Å²) in [5.41, 5.74) is 0.755. The van der Waals surface area contributed by atoms with Crippen molar-refractivity contribution in [1.82, 2.24) is 14.9 Å². The third-order valence-electron chi connectivity index (χ3n) is 5.38. The van der Waals surface area contributed by atoms with Crippen molar-refractivity contribution in [2.24, 2.45) is 4.99 Å². The molecule has 1 aromatic rings. The molecule has 1 heterocycles. The third kappa shape index (κ3) is 6.52. The topological polar surface area (TPSA) is 73.8 Å². The molecule has 0 amide bonds. The Morgan fingerprint density at radius 3 is 2.52 bits per heavy atom. The zero-order valence-electron chi connectivity index (χ0n) is 17.1. The van der Waals surface area contributed by atoms with Gasteiger partial charge in [-0.05, 0) is 44.2 Å². The van der Waals surface area contributed by atoms with Crippen molar-refractivity contribution >= 4 is 40.0 Å². The molecule has 1 aliphatic heterocycles. The lowest BCUT2D eigenvalue weighted by Crippen LogP contribution is -2.50. The number of rotatable bonds is 7. The Bertz CT molecular complexity index is 797. The van der Waals surface area contributed by atoms with Gasteiger partial charge in [-0.2, -0.15) is 0 Å². The van der Waals surface area contributed by atoms with Gasteiger partial charge in [0.25, 0.3) is 0 Å². The lowest BCUT2D eigenvalue weighted by Gasteiger charge is -2.32. The fraction of sp³-hybridized carbons (Fsp3) is 0.650. The Labute approximate surface area is 190 Å². The van der Waals surface area contributed by atoms with Crippen molar-refractivity contribution < 1.29 is 12.8 Å². The monoisotopic (exact) mass is 538 g/mol. The Kier molecular flexibility index (Phi) is 9.15. The van der Waals surface area contributed by atoms with Crippen LogP contribution in [0.1, 0.15) is 51.0 Å². The maximum atomic E-state index is 14.0. The first-order valence-corrected chi connectivity index (χ1v) is 11.8. The molecule has 0 aromatic heterocycles. The molecule has 0 bridgehead atoms. The zero-order chi connectivity index (χ0) is 20.1. The Morgan fingerprint density at radius 1 is 1.21 bits per heavy atom. The van der Waals surface area contributed by atoms with E-state index in [1.165, 1.54) is 6.07 Å². The average Bonchev–Trinajstić information content (AvgIpc) is 3.41. The molecule has 1 aromatic carbocycles. The van der Waals surface area contributed by atoms with Gasteiger partial charge in [0.1, 0.15) is 5.82 Å². The Hall–Kier alpha value is -0.940. The van der Waals surface area contributed by atoms with E-state index in [9.17, 15) is 12.8 Å². The zero-order valence-corrected chi connectivity index (χ0v) is 20.3. The smallest absolute Gasteiger partial charge is 0.214 e. The van der Waals surface area contributed by atoms with E-state index in [0.717, 1.165) is 30.8 Å². The van der Waals surface area contributed by atoms with Gasteiger partial charge in [-0.15, -0.1) is 24.0 Å². The van der Waals surface area contributed by atoms with Crippen LogP contribution in [0.4, 0.5) is 4.39 Å². The lowest BCUT2D eigenvalue weighted by atomic mass is 10.1. The number of guanidine groups is 1.